The molecule has 2 nitrogen and oxygen atoms in total. The van der Waals surface area contributed by atoms with Gasteiger partial charge < -0.3 is 9.84 Å². The maximum Gasteiger partial charge on any atom is 0.132 e. The lowest BCUT2D eigenvalue weighted by Crippen LogP contribution is -2.28. The van der Waals surface area contributed by atoms with Gasteiger partial charge in [0.25, 0.3) is 0 Å². The number of ether oxygens (including phenoxy) is 1. The standard InChI is InChI=1S/C10H12F2O2/c1-10(13,6-14-2)8-4-3-7(11)5-9(8)12/h3-5,13H,6H2,1-2H3. The van der Waals surface area contributed by atoms with Crippen LogP contribution in [0.4, 0.5) is 8.78 Å². The maximum absolute atomic E-state index is 13.2. The van der Waals surface area contributed by atoms with E-state index >= 15 is 0 Å². The van der Waals surface area contributed by atoms with Crippen LogP contribution in [0.25, 0.3) is 0 Å². The molecule has 1 aromatic rings. The molecule has 0 bridgehead atoms. The van der Waals surface area contributed by atoms with E-state index in [2.05, 4.69) is 0 Å². The molecule has 0 aliphatic rings. The normalized spacial score (nSPS) is 15.2. The molecule has 78 valence electrons. The average Bonchev–Trinajstić information content (AvgIpc) is 2.02. The molecule has 0 saturated heterocycles. The van der Waals surface area contributed by atoms with Gasteiger partial charge in [0.15, 0.2) is 0 Å². The van der Waals surface area contributed by atoms with Gasteiger partial charge in [-0.15, -0.1) is 0 Å². The molecule has 0 aliphatic carbocycles. The summed E-state index contributed by atoms with van der Waals surface area (Å²) in [6.45, 7) is 1.36. The van der Waals surface area contributed by atoms with Crippen molar-refractivity contribution < 1.29 is 18.6 Å². The molecule has 0 radical (unpaired) electrons. The Morgan fingerprint density at radius 3 is 2.57 bits per heavy atom. The highest BCUT2D eigenvalue weighted by molar-refractivity contribution is 5.24. The zero-order chi connectivity index (χ0) is 10.8. The molecule has 14 heavy (non-hydrogen) atoms. The molecule has 0 fully saturated rings. The van der Waals surface area contributed by atoms with Crippen LogP contribution in [-0.4, -0.2) is 18.8 Å². The molecule has 0 aromatic heterocycles. The first kappa shape index (κ1) is 11.1. The first-order valence-electron chi connectivity index (χ1n) is 4.14. The van der Waals surface area contributed by atoms with Crippen molar-refractivity contribution in [3.05, 3.63) is 35.4 Å². The molecule has 1 unspecified atom stereocenters. The maximum atomic E-state index is 13.2. The van der Waals surface area contributed by atoms with Crippen molar-refractivity contribution in [3.8, 4) is 0 Å². The Morgan fingerprint density at radius 1 is 1.43 bits per heavy atom. The van der Waals surface area contributed by atoms with Gasteiger partial charge in [-0.3, -0.25) is 0 Å². The third kappa shape index (κ3) is 2.27. The van der Waals surface area contributed by atoms with Crippen molar-refractivity contribution in [2.24, 2.45) is 0 Å². The van der Waals surface area contributed by atoms with Gasteiger partial charge in [-0.2, -0.15) is 0 Å². The van der Waals surface area contributed by atoms with Crippen LogP contribution >= 0.6 is 0 Å². The number of benzene rings is 1. The largest absolute Gasteiger partial charge is 0.383 e. The molecule has 1 aromatic carbocycles. The molecule has 4 heteroatoms. The van der Waals surface area contributed by atoms with E-state index in [-0.39, 0.29) is 12.2 Å². The Bertz CT molecular complexity index is 324. The minimum Gasteiger partial charge on any atom is -0.383 e. The average molecular weight is 202 g/mol. The van der Waals surface area contributed by atoms with Gasteiger partial charge >= 0.3 is 0 Å². The second-order valence-electron chi connectivity index (χ2n) is 3.33. The van der Waals surface area contributed by atoms with Crippen LogP contribution in [0.2, 0.25) is 0 Å². The van der Waals surface area contributed by atoms with Crippen LogP contribution in [0.1, 0.15) is 12.5 Å². The Balaban J connectivity index is 3.06. The topological polar surface area (TPSA) is 29.5 Å². The van der Waals surface area contributed by atoms with Crippen molar-refractivity contribution >= 4 is 0 Å². The quantitative estimate of drug-likeness (QED) is 0.810. The summed E-state index contributed by atoms with van der Waals surface area (Å²) >= 11 is 0. The summed E-state index contributed by atoms with van der Waals surface area (Å²) in [6, 6.07) is 3.05. The van der Waals surface area contributed by atoms with E-state index < -0.39 is 17.2 Å². The lowest BCUT2D eigenvalue weighted by Gasteiger charge is -2.23. The van der Waals surface area contributed by atoms with Crippen LogP contribution in [0.3, 0.4) is 0 Å². The Hall–Kier alpha value is -1.00. The van der Waals surface area contributed by atoms with Crippen LogP contribution in [-0.2, 0) is 10.3 Å². The third-order valence-corrected chi connectivity index (χ3v) is 1.94. The second kappa shape index (κ2) is 4.02. The molecule has 0 aliphatic heterocycles. The fraction of sp³-hybridized carbons (Fsp3) is 0.400. The zero-order valence-electron chi connectivity index (χ0n) is 8.05. The zero-order valence-corrected chi connectivity index (χ0v) is 8.05. The third-order valence-electron chi connectivity index (χ3n) is 1.94. The summed E-state index contributed by atoms with van der Waals surface area (Å²) in [7, 11) is 1.40. The minimum atomic E-state index is -1.44. The summed E-state index contributed by atoms with van der Waals surface area (Å²) in [5, 5.41) is 9.77. The summed E-state index contributed by atoms with van der Waals surface area (Å²) in [4.78, 5) is 0. The van der Waals surface area contributed by atoms with E-state index in [1.54, 1.807) is 0 Å². The Labute approximate surface area is 81.1 Å². The molecule has 1 N–H and O–H groups in total. The number of rotatable bonds is 3. The van der Waals surface area contributed by atoms with Crippen molar-refractivity contribution in [2.45, 2.75) is 12.5 Å². The highest BCUT2D eigenvalue weighted by Gasteiger charge is 2.26. The predicted octanol–water partition coefficient (Wildman–Crippen LogP) is 1.82. The summed E-state index contributed by atoms with van der Waals surface area (Å²) in [5.74, 6) is -1.44. The highest BCUT2D eigenvalue weighted by Crippen LogP contribution is 2.24. The SMILES string of the molecule is COCC(C)(O)c1ccc(F)cc1F. The first-order valence-corrected chi connectivity index (χ1v) is 4.14. The molecule has 0 amide bonds. The van der Waals surface area contributed by atoms with E-state index in [1.807, 2.05) is 0 Å². The molecular weight excluding hydrogens is 190 g/mol. The fourth-order valence-electron chi connectivity index (χ4n) is 1.29. The highest BCUT2D eigenvalue weighted by atomic mass is 19.1. The Morgan fingerprint density at radius 2 is 2.07 bits per heavy atom. The summed E-state index contributed by atoms with van der Waals surface area (Å²) in [5.41, 5.74) is -1.41. The van der Waals surface area contributed by atoms with Crippen LogP contribution in [0.5, 0.6) is 0 Å². The fourth-order valence-corrected chi connectivity index (χ4v) is 1.29. The number of halogens is 2. The molecule has 1 rings (SSSR count). The lowest BCUT2D eigenvalue weighted by molar-refractivity contribution is -0.0232. The van der Waals surface area contributed by atoms with Crippen molar-refractivity contribution in [1.29, 1.82) is 0 Å². The van der Waals surface area contributed by atoms with Crippen molar-refractivity contribution in [1.82, 2.24) is 0 Å². The van der Waals surface area contributed by atoms with Gasteiger partial charge in [0.2, 0.25) is 0 Å². The molecule has 0 heterocycles. The van der Waals surface area contributed by atoms with E-state index in [0.717, 1.165) is 12.1 Å². The van der Waals surface area contributed by atoms with Crippen LogP contribution < -0.4 is 0 Å². The molecular formula is C10H12F2O2. The van der Waals surface area contributed by atoms with Gasteiger partial charge in [-0.25, -0.2) is 8.78 Å². The van der Waals surface area contributed by atoms with Gasteiger partial charge in [0.1, 0.15) is 17.2 Å². The van der Waals surface area contributed by atoms with Crippen LogP contribution in [0, 0.1) is 11.6 Å². The number of hydrogen-bond acceptors (Lipinski definition) is 2. The smallest absolute Gasteiger partial charge is 0.132 e. The number of aliphatic hydroxyl groups is 1. The van der Waals surface area contributed by atoms with Gasteiger partial charge in [-0.1, -0.05) is 6.07 Å². The van der Waals surface area contributed by atoms with E-state index in [0.29, 0.717) is 0 Å². The van der Waals surface area contributed by atoms with Gasteiger partial charge in [-0.05, 0) is 13.0 Å². The van der Waals surface area contributed by atoms with Crippen LogP contribution in [0.15, 0.2) is 18.2 Å². The predicted molar refractivity (Wildman–Crippen MR) is 47.8 cm³/mol. The molecule has 1 atom stereocenters. The lowest BCUT2D eigenvalue weighted by atomic mass is 9.96. The molecule has 0 saturated carbocycles. The first-order chi connectivity index (χ1) is 6.47. The van der Waals surface area contributed by atoms with E-state index in [1.165, 1.54) is 20.1 Å². The second-order valence-corrected chi connectivity index (χ2v) is 3.33. The van der Waals surface area contributed by atoms with Crippen molar-refractivity contribution in [3.63, 3.8) is 0 Å². The Kier molecular flexibility index (Phi) is 3.18. The summed E-state index contributed by atoms with van der Waals surface area (Å²) < 4.78 is 30.5. The summed E-state index contributed by atoms with van der Waals surface area (Å²) in [6.07, 6.45) is 0. The van der Waals surface area contributed by atoms with Gasteiger partial charge in [0, 0.05) is 18.7 Å². The monoisotopic (exact) mass is 202 g/mol. The van der Waals surface area contributed by atoms with Crippen molar-refractivity contribution in [2.75, 3.05) is 13.7 Å². The number of hydrogen-bond donors (Lipinski definition) is 1. The molecule has 0 spiro atoms. The van der Waals surface area contributed by atoms with Gasteiger partial charge in [0.05, 0.1) is 6.61 Å². The minimum absolute atomic E-state index is 0.0285. The number of methoxy groups -OCH3 is 1. The van der Waals surface area contributed by atoms with E-state index in [9.17, 15) is 13.9 Å². The van der Waals surface area contributed by atoms with E-state index in [4.69, 9.17) is 4.74 Å².